The van der Waals surface area contributed by atoms with Crippen molar-refractivity contribution in [3.05, 3.63) is 0 Å². The van der Waals surface area contributed by atoms with E-state index in [1.807, 2.05) is 0 Å². The predicted molar refractivity (Wildman–Crippen MR) is 76.8 cm³/mol. The van der Waals surface area contributed by atoms with Gasteiger partial charge in [-0.25, -0.2) is 4.79 Å². The lowest BCUT2D eigenvalue weighted by molar-refractivity contribution is -0.152. The number of aliphatic carboxylic acids is 1. The number of nitrogens with two attached hydrogens (primary N) is 1. The largest absolute Gasteiger partial charge is 0.480 e. The Bertz CT molecular complexity index is 467. The third-order valence-electron chi connectivity index (χ3n) is 4.45. The molecule has 0 aromatic rings. The van der Waals surface area contributed by atoms with Crippen LogP contribution in [0, 0.1) is 0 Å². The predicted octanol–water partition coefficient (Wildman–Crippen LogP) is -1.24. The summed E-state index contributed by atoms with van der Waals surface area (Å²) in [6, 6.07) is -2.55. The second-order valence-electron chi connectivity index (χ2n) is 5.98. The number of hydrogen-bond donors (Lipinski definition) is 3. The molecule has 2 aliphatic rings. The van der Waals surface area contributed by atoms with Crippen molar-refractivity contribution in [2.75, 3.05) is 13.1 Å². The normalized spacial score (nSPS) is 27.8. The van der Waals surface area contributed by atoms with Crippen molar-refractivity contribution in [1.29, 1.82) is 0 Å². The maximum Gasteiger partial charge on any atom is 0.326 e. The van der Waals surface area contributed by atoms with Crippen LogP contribution in [0.25, 0.3) is 0 Å². The van der Waals surface area contributed by atoms with Gasteiger partial charge in [-0.2, -0.15) is 0 Å². The Morgan fingerprint density at radius 3 is 2.18 bits per heavy atom. The van der Waals surface area contributed by atoms with Gasteiger partial charge in [0.1, 0.15) is 18.1 Å². The lowest BCUT2D eigenvalue weighted by Gasteiger charge is -2.31. The molecule has 0 spiro atoms. The van der Waals surface area contributed by atoms with Gasteiger partial charge in [-0.05, 0) is 32.6 Å². The molecule has 124 valence electrons. The summed E-state index contributed by atoms with van der Waals surface area (Å²) in [5.74, 6) is -1.80. The first kappa shape index (κ1) is 16.7. The zero-order valence-corrected chi connectivity index (χ0v) is 12.6. The summed E-state index contributed by atoms with van der Waals surface area (Å²) in [5.41, 5.74) is 5.67. The average Bonchev–Trinajstić information content (AvgIpc) is 3.13. The van der Waals surface area contributed by atoms with Gasteiger partial charge in [0, 0.05) is 13.1 Å². The highest BCUT2D eigenvalue weighted by Gasteiger charge is 2.43. The molecule has 0 saturated carbocycles. The highest BCUT2D eigenvalue weighted by atomic mass is 16.4. The van der Waals surface area contributed by atoms with Crippen LogP contribution >= 0.6 is 0 Å². The molecule has 0 radical (unpaired) electrons. The fraction of sp³-hybridized carbons (Fsp3) is 0.786. The van der Waals surface area contributed by atoms with Crippen LogP contribution < -0.4 is 5.73 Å². The second kappa shape index (κ2) is 6.62. The van der Waals surface area contributed by atoms with Gasteiger partial charge >= 0.3 is 5.97 Å². The zero-order valence-electron chi connectivity index (χ0n) is 12.6. The topological polar surface area (TPSA) is 124 Å². The molecule has 8 heteroatoms. The van der Waals surface area contributed by atoms with Crippen LogP contribution in [0.2, 0.25) is 0 Å². The van der Waals surface area contributed by atoms with Crippen molar-refractivity contribution in [2.24, 2.45) is 5.73 Å². The second-order valence-corrected chi connectivity index (χ2v) is 5.98. The number of carbonyl (C=O) groups is 3. The van der Waals surface area contributed by atoms with Crippen molar-refractivity contribution in [3.63, 3.8) is 0 Å². The van der Waals surface area contributed by atoms with E-state index in [9.17, 15) is 24.6 Å². The quantitative estimate of drug-likeness (QED) is 0.596. The number of nitrogens with zero attached hydrogens (tertiary/aromatic N) is 2. The molecule has 2 fully saturated rings. The SMILES string of the molecule is C[C@@H](O)[C@H](N)C(=O)N1CCC[C@H]1C(=O)N1CCC[C@H]1C(=O)O. The summed E-state index contributed by atoms with van der Waals surface area (Å²) < 4.78 is 0. The molecule has 8 nitrogen and oxygen atoms in total. The molecule has 2 amide bonds. The van der Waals surface area contributed by atoms with Crippen molar-refractivity contribution in [1.82, 2.24) is 9.80 Å². The number of aliphatic hydroxyl groups excluding tert-OH is 1. The van der Waals surface area contributed by atoms with Gasteiger partial charge in [0.2, 0.25) is 11.8 Å². The Balaban J connectivity index is 2.11. The Hall–Kier alpha value is -1.67. The van der Waals surface area contributed by atoms with Crippen molar-refractivity contribution >= 4 is 17.8 Å². The minimum absolute atomic E-state index is 0.325. The van der Waals surface area contributed by atoms with Crippen LogP contribution in [0.15, 0.2) is 0 Å². The summed E-state index contributed by atoms with van der Waals surface area (Å²) in [7, 11) is 0. The van der Waals surface area contributed by atoms with Gasteiger partial charge in [-0.3, -0.25) is 9.59 Å². The molecule has 2 saturated heterocycles. The maximum absolute atomic E-state index is 12.6. The third-order valence-corrected chi connectivity index (χ3v) is 4.45. The van der Waals surface area contributed by atoms with E-state index in [1.165, 1.54) is 16.7 Å². The van der Waals surface area contributed by atoms with E-state index >= 15 is 0 Å². The summed E-state index contributed by atoms with van der Waals surface area (Å²) >= 11 is 0. The minimum Gasteiger partial charge on any atom is -0.480 e. The molecule has 0 bridgehead atoms. The van der Waals surface area contributed by atoms with E-state index in [-0.39, 0.29) is 5.91 Å². The number of hydrogen-bond acceptors (Lipinski definition) is 5. The van der Waals surface area contributed by atoms with E-state index in [4.69, 9.17) is 5.73 Å². The van der Waals surface area contributed by atoms with Crippen LogP contribution in [0.3, 0.4) is 0 Å². The Labute approximate surface area is 128 Å². The Kier molecular flexibility index (Phi) is 5.02. The first-order chi connectivity index (χ1) is 10.3. The number of rotatable bonds is 4. The molecule has 4 N–H and O–H groups in total. The van der Waals surface area contributed by atoms with Gasteiger partial charge in [0.25, 0.3) is 0 Å². The van der Waals surface area contributed by atoms with Crippen LogP contribution in [0.1, 0.15) is 32.6 Å². The number of carbonyl (C=O) groups excluding carboxylic acids is 2. The molecule has 0 aliphatic carbocycles. The molecule has 0 aromatic heterocycles. The van der Waals surface area contributed by atoms with Crippen molar-refractivity contribution in [3.8, 4) is 0 Å². The standard InChI is InChI=1S/C14H23N3O5/c1-8(18)11(15)13(20)16-6-2-4-9(16)12(19)17-7-3-5-10(17)14(21)22/h8-11,18H,2-7,15H2,1H3,(H,21,22)/t8-,9+,10+,11+/m1/s1. The lowest BCUT2D eigenvalue weighted by Crippen LogP contribution is -2.55. The number of amides is 2. The third kappa shape index (κ3) is 3.07. The Morgan fingerprint density at radius 1 is 1.09 bits per heavy atom. The van der Waals surface area contributed by atoms with Crippen LogP contribution in [0.5, 0.6) is 0 Å². The number of carboxylic acid groups (broad SMARTS) is 1. The maximum atomic E-state index is 12.6. The summed E-state index contributed by atoms with van der Waals surface area (Å²) in [6.07, 6.45) is 1.26. The molecular formula is C14H23N3O5. The number of carboxylic acids is 1. The molecule has 2 aliphatic heterocycles. The minimum atomic E-state index is -1.07. The van der Waals surface area contributed by atoms with Crippen LogP contribution in [-0.4, -0.2) is 75.1 Å². The fourth-order valence-corrected chi connectivity index (χ4v) is 3.16. The smallest absolute Gasteiger partial charge is 0.326 e. The molecule has 4 atom stereocenters. The molecule has 2 heterocycles. The van der Waals surface area contributed by atoms with E-state index in [0.29, 0.717) is 38.8 Å². The van der Waals surface area contributed by atoms with Crippen LogP contribution in [-0.2, 0) is 14.4 Å². The average molecular weight is 313 g/mol. The molecule has 0 unspecified atom stereocenters. The van der Waals surface area contributed by atoms with Crippen molar-refractivity contribution in [2.45, 2.75) is 56.8 Å². The van der Waals surface area contributed by atoms with Gasteiger partial charge in [0.05, 0.1) is 6.10 Å². The summed E-state index contributed by atoms with van der Waals surface area (Å²) in [4.78, 5) is 38.9. The highest BCUT2D eigenvalue weighted by Crippen LogP contribution is 2.25. The van der Waals surface area contributed by atoms with Gasteiger partial charge < -0.3 is 25.7 Å². The molecular weight excluding hydrogens is 290 g/mol. The monoisotopic (exact) mass is 313 g/mol. The number of aliphatic hydroxyl groups is 1. The zero-order chi connectivity index (χ0) is 16.4. The van der Waals surface area contributed by atoms with E-state index < -0.39 is 36.1 Å². The lowest BCUT2D eigenvalue weighted by atomic mass is 10.1. The van der Waals surface area contributed by atoms with Crippen molar-refractivity contribution < 1.29 is 24.6 Å². The Morgan fingerprint density at radius 2 is 1.64 bits per heavy atom. The fourth-order valence-electron chi connectivity index (χ4n) is 3.16. The van der Waals surface area contributed by atoms with E-state index in [0.717, 1.165) is 0 Å². The van der Waals surface area contributed by atoms with Crippen LogP contribution in [0.4, 0.5) is 0 Å². The van der Waals surface area contributed by atoms with Gasteiger partial charge in [0.15, 0.2) is 0 Å². The first-order valence-electron chi connectivity index (χ1n) is 7.62. The molecule has 0 aromatic carbocycles. The van der Waals surface area contributed by atoms with E-state index in [2.05, 4.69) is 0 Å². The number of likely N-dealkylation sites (tertiary alicyclic amines) is 2. The van der Waals surface area contributed by atoms with Gasteiger partial charge in [-0.15, -0.1) is 0 Å². The first-order valence-corrected chi connectivity index (χ1v) is 7.62. The van der Waals surface area contributed by atoms with Gasteiger partial charge in [-0.1, -0.05) is 0 Å². The summed E-state index contributed by atoms with van der Waals surface area (Å²) in [5, 5.41) is 18.6. The molecule has 22 heavy (non-hydrogen) atoms. The summed E-state index contributed by atoms with van der Waals surface area (Å²) in [6.45, 7) is 2.23. The van der Waals surface area contributed by atoms with E-state index in [1.54, 1.807) is 0 Å². The highest BCUT2D eigenvalue weighted by molar-refractivity contribution is 5.92. The molecule has 2 rings (SSSR count).